The van der Waals surface area contributed by atoms with E-state index in [9.17, 15) is 13.2 Å². The van der Waals surface area contributed by atoms with Gasteiger partial charge in [-0.05, 0) is 25.7 Å². The highest BCUT2D eigenvalue weighted by Gasteiger charge is 2.36. The fraction of sp³-hybridized carbons (Fsp3) is 0.917. The smallest absolute Gasteiger partial charge is 0.227 e. The second-order valence-electron chi connectivity index (χ2n) is 5.12. The monoisotopic (exact) mass is 312 g/mol. The van der Waals surface area contributed by atoms with Crippen molar-refractivity contribution in [3.8, 4) is 0 Å². The first-order chi connectivity index (χ1) is 8.39. The molecule has 0 aromatic rings. The second-order valence-corrected chi connectivity index (χ2v) is 7.35. The van der Waals surface area contributed by atoms with Gasteiger partial charge in [-0.25, -0.2) is 8.42 Å². The van der Waals surface area contributed by atoms with Crippen molar-refractivity contribution in [2.45, 2.75) is 45.6 Å². The molecule has 1 heterocycles. The van der Waals surface area contributed by atoms with E-state index in [-0.39, 0.29) is 35.9 Å². The van der Waals surface area contributed by atoms with Gasteiger partial charge < -0.3 is 11.1 Å². The van der Waals surface area contributed by atoms with Crippen LogP contribution in [0, 0.1) is 5.41 Å². The number of rotatable bonds is 5. The highest BCUT2D eigenvalue weighted by molar-refractivity contribution is 7.91. The molecule has 0 aromatic heterocycles. The number of sulfone groups is 1. The SMILES string of the molecule is CCC(CC)(CN)C(=O)NC1CCCS(=O)(=O)C1.Cl. The fourth-order valence-corrected chi connectivity index (χ4v) is 4.06. The van der Waals surface area contributed by atoms with Crippen molar-refractivity contribution in [1.82, 2.24) is 5.32 Å². The number of nitrogens with one attached hydrogen (secondary N) is 1. The molecular formula is C12H25ClN2O3S. The van der Waals surface area contributed by atoms with Gasteiger partial charge in [0.15, 0.2) is 9.84 Å². The predicted molar refractivity (Wildman–Crippen MR) is 79.1 cm³/mol. The number of nitrogens with two attached hydrogens (primary N) is 1. The third-order valence-electron chi connectivity index (χ3n) is 4.02. The lowest BCUT2D eigenvalue weighted by atomic mass is 9.81. The maximum absolute atomic E-state index is 12.3. The average molecular weight is 313 g/mol. The predicted octanol–water partition coefficient (Wildman–Crippen LogP) is 0.867. The molecule has 0 saturated carbocycles. The maximum Gasteiger partial charge on any atom is 0.227 e. The van der Waals surface area contributed by atoms with Gasteiger partial charge in [0.1, 0.15) is 0 Å². The van der Waals surface area contributed by atoms with E-state index < -0.39 is 15.3 Å². The number of hydrogen-bond donors (Lipinski definition) is 2. The Hall–Kier alpha value is -0.330. The first kappa shape index (κ1) is 18.7. The second kappa shape index (κ2) is 7.45. The van der Waals surface area contributed by atoms with Crippen LogP contribution in [0.5, 0.6) is 0 Å². The molecule has 1 amide bonds. The molecule has 1 aliphatic rings. The minimum atomic E-state index is -2.99. The first-order valence-corrected chi connectivity index (χ1v) is 8.42. The Bertz CT molecular complexity index is 386. The summed E-state index contributed by atoms with van der Waals surface area (Å²) in [4.78, 5) is 12.3. The first-order valence-electron chi connectivity index (χ1n) is 6.60. The average Bonchev–Trinajstić information content (AvgIpc) is 2.30. The topological polar surface area (TPSA) is 89.3 Å². The van der Waals surface area contributed by atoms with Crippen molar-refractivity contribution in [3.05, 3.63) is 0 Å². The Balaban J connectivity index is 0.00000324. The summed E-state index contributed by atoms with van der Waals surface area (Å²) in [7, 11) is -2.99. The molecular weight excluding hydrogens is 288 g/mol. The highest BCUT2D eigenvalue weighted by Crippen LogP contribution is 2.26. The van der Waals surface area contributed by atoms with E-state index in [2.05, 4.69) is 5.32 Å². The van der Waals surface area contributed by atoms with Gasteiger partial charge in [-0.2, -0.15) is 0 Å². The van der Waals surface area contributed by atoms with Gasteiger partial charge in [-0.1, -0.05) is 13.8 Å². The molecule has 0 spiro atoms. The van der Waals surface area contributed by atoms with Crippen molar-refractivity contribution >= 4 is 28.2 Å². The quantitative estimate of drug-likeness (QED) is 0.788. The standard InChI is InChI=1S/C12H24N2O3S.ClH/c1-3-12(4-2,9-13)11(15)14-10-6-5-7-18(16,17)8-10;/h10H,3-9,13H2,1-2H3,(H,14,15);1H. The minimum absolute atomic E-state index is 0. The van der Waals surface area contributed by atoms with Crippen molar-refractivity contribution in [3.63, 3.8) is 0 Å². The Morgan fingerprint density at radius 1 is 1.37 bits per heavy atom. The molecule has 1 rings (SSSR count). The molecule has 0 aromatic carbocycles. The largest absolute Gasteiger partial charge is 0.352 e. The van der Waals surface area contributed by atoms with Crippen molar-refractivity contribution < 1.29 is 13.2 Å². The van der Waals surface area contributed by atoms with E-state index in [1.54, 1.807) is 0 Å². The maximum atomic E-state index is 12.3. The zero-order chi connectivity index (χ0) is 13.8. The number of halogens is 1. The van der Waals surface area contributed by atoms with E-state index >= 15 is 0 Å². The lowest BCUT2D eigenvalue weighted by Crippen LogP contribution is -2.51. The molecule has 1 atom stereocenters. The van der Waals surface area contributed by atoms with Gasteiger partial charge in [0.25, 0.3) is 0 Å². The van der Waals surface area contributed by atoms with Crippen LogP contribution in [0.25, 0.3) is 0 Å². The summed E-state index contributed by atoms with van der Waals surface area (Å²) in [5.74, 6) is 0.201. The number of carbonyl (C=O) groups excluding carboxylic acids is 1. The molecule has 0 radical (unpaired) electrons. The molecule has 7 heteroatoms. The van der Waals surface area contributed by atoms with Gasteiger partial charge in [0.05, 0.1) is 16.9 Å². The molecule has 1 aliphatic heterocycles. The van der Waals surface area contributed by atoms with Crippen LogP contribution in [0.15, 0.2) is 0 Å². The van der Waals surface area contributed by atoms with Gasteiger partial charge in [-0.15, -0.1) is 12.4 Å². The number of hydrogen-bond acceptors (Lipinski definition) is 4. The Kier molecular flexibility index (Phi) is 7.32. The van der Waals surface area contributed by atoms with E-state index in [1.807, 2.05) is 13.8 Å². The summed E-state index contributed by atoms with van der Waals surface area (Å²) >= 11 is 0. The Morgan fingerprint density at radius 3 is 2.37 bits per heavy atom. The van der Waals surface area contributed by atoms with Crippen molar-refractivity contribution in [1.29, 1.82) is 0 Å². The summed E-state index contributed by atoms with van der Waals surface area (Å²) in [5.41, 5.74) is 5.15. The molecule has 1 unspecified atom stereocenters. The lowest BCUT2D eigenvalue weighted by molar-refractivity contribution is -0.131. The molecule has 19 heavy (non-hydrogen) atoms. The van der Waals surface area contributed by atoms with Crippen LogP contribution >= 0.6 is 12.4 Å². The fourth-order valence-electron chi connectivity index (χ4n) is 2.43. The summed E-state index contributed by atoms with van der Waals surface area (Å²) in [6.07, 6.45) is 2.71. The molecule has 114 valence electrons. The summed E-state index contributed by atoms with van der Waals surface area (Å²) < 4.78 is 23.0. The summed E-state index contributed by atoms with van der Waals surface area (Å²) in [6, 6.07) is -0.250. The van der Waals surface area contributed by atoms with E-state index in [0.29, 0.717) is 25.8 Å². The third kappa shape index (κ3) is 4.61. The van der Waals surface area contributed by atoms with Crippen LogP contribution in [0.3, 0.4) is 0 Å². The van der Waals surface area contributed by atoms with E-state index in [0.717, 1.165) is 6.42 Å². The van der Waals surface area contributed by atoms with Crippen molar-refractivity contribution in [2.75, 3.05) is 18.1 Å². The van der Waals surface area contributed by atoms with Gasteiger partial charge in [0.2, 0.25) is 5.91 Å². The van der Waals surface area contributed by atoms with Crippen LogP contribution in [-0.2, 0) is 14.6 Å². The third-order valence-corrected chi connectivity index (χ3v) is 5.85. The zero-order valence-electron chi connectivity index (χ0n) is 11.6. The zero-order valence-corrected chi connectivity index (χ0v) is 13.3. The molecule has 0 bridgehead atoms. The highest BCUT2D eigenvalue weighted by atomic mass is 35.5. The molecule has 1 saturated heterocycles. The Morgan fingerprint density at radius 2 is 1.95 bits per heavy atom. The minimum Gasteiger partial charge on any atom is -0.352 e. The number of carbonyl (C=O) groups is 1. The van der Waals surface area contributed by atoms with Gasteiger partial charge in [0, 0.05) is 12.6 Å². The van der Waals surface area contributed by atoms with Crippen LogP contribution in [0.2, 0.25) is 0 Å². The van der Waals surface area contributed by atoms with Gasteiger partial charge >= 0.3 is 0 Å². The molecule has 5 nitrogen and oxygen atoms in total. The Labute approximate surface area is 122 Å². The van der Waals surface area contributed by atoms with Crippen molar-refractivity contribution in [2.24, 2.45) is 11.1 Å². The molecule has 1 fully saturated rings. The van der Waals surface area contributed by atoms with Gasteiger partial charge in [-0.3, -0.25) is 4.79 Å². The number of amides is 1. The van der Waals surface area contributed by atoms with Crippen LogP contribution in [0.4, 0.5) is 0 Å². The summed E-state index contributed by atoms with van der Waals surface area (Å²) in [5, 5.41) is 2.87. The van der Waals surface area contributed by atoms with Crippen LogP contribution in [0.1, 0.15) is 39.5 Å². The van der Waals surface area contributed by atoms with Crippen LogP contribution in [-0.4, -0.2) is 38.4 Å². The molecule has 3 N–H and O–H groups in total. The molecule has 0 aliphatic carbocycles. The summed E-state index contributed by atoms with van der Waals surface area (Å²) in [6.45, 7) is 4.17. The van der Waals surface area contributed by atoms with E-state index in [1.165, 1.54) is 0 Å². The lowest BCUT2D eigenvalue weighted by Gasteiger charge is -2.32. The normalized spacial score (nSPS) is 22.4. The van der Waals surface area contributed by atoms with Crippen LogP contribution < -0.4 is 11.1 Å². The van der Waals surface area contributed by atoms with E-state index in [4.69, 9.17) is 5.73 Å².